The normalized spacial score (nSPS) is 12.5. The molecule has 9 heteroatoms. The maximum absolute atomic E-state index is 12.0. The average Bonchev–Trinajstić information content (AvgIpc) is 2.22. The standard InChI is InChI=1S/C13H22N2O7/c1-8(2)21-12(18)14-10(6-9(16)7-15(19)20)11(17)22-13(3,4)5/h8,10H,6-7H2,1-5H3,(H,14,18). The number of rotatable bonds is 7. The number of hydrogen-bond donors (Lipinski definition) is 1. The molecule has 0 aliphatic carbocycles. The Balaban J connectivity index is 4.90. The van der Waals surface area contributed by atoms with Crippen molar-refractivity contribution >= 4 is 17.8 Å². The van der Waals surface area contributed by atoms with Gasteiger partial charge in [-0.1, -0.05) is 0 Å². The van der Waals surface area contributed by atoms with Crippen molar-refractivity contribution in [2.75, 3.05) is 6.54 Å². The van der Waals surface area contributed by atoms with Gasteiger partial charge in [0.15, 0.2) is 0 Å². The molecule has 1 unspecified atom stereocenters. The highest BCUT2D eigenvalue weighted by molar-refractivity contribution is 5.89. The van der Waals surface area contributed by atoms with E-state index in [2.05, 4.69) is 5.32 Å². The van der Waals surface area contributed by atoms with Gasteiger partial charge in [-0.2, -0.15) is 0 Å². The van der Waals surface area contributed by atoms with Gasteiger partial charge in [0.05, 0.1) is 6.10 Å². The third-order valence-electron chi connectivity index (χ3n) is 2.06. The Kier molecular flexibility index (Phi) is 7.47. The Morgan fingerprint density at radius 3 is 2.18 bits per heavy atom. The van der Waals surface area contributed by atoms with Crippen molar-refractivity contribution in [1.29, 1.82) is 0 Å². The van der Waals surface area contributed by atoms with E-state index in [0.29, 0.717) is 0 Å². The van der Waals surface area contributed by atoms with E-state index in [1.807, 2.05) is 0 Å². The second-order valence-corrected chi connectivity index (χ2v) is 5.92. The largest absolute Gasteiger partial charge is 0.458 e. The molecule has 0 aromatic heterocycles. The predicted molar refractivity (Wildman–Crippen MR) is 75.9 cm³/mol. The average molecular weight is 318 g/mol. The number of Topliss-reactive ketones (excluding diaryl/α,β-unsaturated/α-hetero) is 1. The fraction of sp³-hybridized carbons (Fsp3) is 0.769. The van der Waals surface area contributed by atoms with Gasteiger partial charge < -0.3 is 14.8 Å². The zero-order valence-electron chi connectivity index (χ0n) is 13.4. The number of hydrogen-bond acceptors (Lipinski definition) is 7. The molecule has 0 aliphatic rings. The first-order valence-corrected chi connectivity index (χ1v) is 6.74. The minimum absolute atomic E-state index is 0.422. The Hall–Kier alpha value is -2.19. The topological polar surface area (TPSA) is 125 Å². The summed E-state index contributed by atoms with van der Waals surface area (Å²) in [5, 5.41) is 12.5. The Morgan fingerprint density at radius 1 is 1.23 bits per heavy atom. The molecule has 0 aliphatic heterocycles. The quantitative estimate of drug-likeness (QED) is 0.422. The lowest BCUT2D eigenvalue weighted by atomic mass is 10.1. The molecule has 1 amide bonds. The fourth-order valence-corrected chi connectivity index (χ4v) is 1.39. The SMILES string of the molecule is CC(C)OC(=O)NC(CC(=O)C[N+](=O)[O-])C(=O)OC(C)(C)C. The van der Waals surface area contributed by atoms with Crippen LogP contribution in [0, 0.1) is 10.1 Å². The van der Waals surface area contributed by atoms with Crippen LogP contribution in [0.5, 0.6) is 0 Å². The number of ketones is 1. The van der Waals surface area contributed by atoms with E-state index in [1.165, 1.54) is 0 Å². The zero-order chi connectivity index (χ0) is 17.5. The number of amides is 1. The van der Waals surface area contributed by atoms with E-state index in [4.69, 9.17) is 9.47 Å². The van der Waals surface area contributed by atoms with Crippen LogP contribution in [0.15, 0.2) is 0 Å². The summed E-state index contributed by atoms with van der Waals surface area (Å²) in [5.74, 6) is -1.66. The van der Waals surface area contributed by atoms with Gasteiger partial charge >= 0.3 is 12.1 Å². The van der Waals surface area contributed by atoms with Crippen molar-refractivity contribution in [3.8, 4) is 0 Å². The summed E-state index contributed by atoms with van der Waals surface area (Å²) in [6, 6.07) is -1.34. The smallest absolute Gasteiger partial charge is 0.408 e. The molecule has 9 nitrogen and oxygen atoms in total. The minimum Gasteiger partial charge on any atom is -0.458 e. The second-order valence-electron chi connectivity index (χ2n) is 5.92. The summed E-state index contributed by atoms with van der Waals surface area (Å²) in [6.45, 7) is 7.15. The molecule has 0 heterocycles. The molecule has 0 rings (SSSR count). The molecule has 0 saturated heterocycles. The van der Waals surface area contributed by atoms with E-state index in [-0.39, 0.29) is 0 Å². The first kappa shape index (κ1) is 19.8. The molecule has 0 saturated carbocycles. The van der Waals surface area contributed by atoms with Gasteiger partial charge in [-0.05, 0) is 34.6 Å². The van der Waals surface area contributed by atoms with Crippen molar-refractivity contribution in [2.45, 2.75) is 58.8 Å². The molecule has 0 bridgehead atoms. The Labute approximate surface area is 128 Å². The molecular formula is C13H22N2O7. The molecule has 0 aromatic carbocycles. The van der Waals surface area contributed by atoms with Gasteiger partial charge in [-0.25, -0.2) is 9.59 Å². The second kappa shape index (κ2) is 8.30. The summed E-state index contributed by atoms with van der Waals surface area (Å²) < 4.78 is 9.90. The summed E-state index contributed by atoms with van der Waals surface area (Å²) in [5.41, 5.74) is -0.828. The number of nitrogens with one attached hydrogen (secondary N) is 1. The molecule has 0 spiro atoms. The van der Waals surface area contributed by atoms with Crippen molar-refractivity contribution in [2.24, 2.45) is 0 Å². The van der Waals surface area contributed by atoms with Crippen molar-refractivity contribution in [1.82, 2.24) is 5.32 Å². The van der Waals surface area contributed by atoms with Gasteiger partial charge in [-0.3, -0.25) is 14.9 Å². The van der Waals surface area contributed by atoms with E-state index >= 15 is 0 Å². The molecule has 0 aromatic rings. The predicted octanol–water partition coefficient (Wildman–Crippen LogP) is 1.07. The Morgan fingerprint density at radius 2 is 1.77 bits per heavy atom. The summed E-state index contributed by atoms with van der Waals surface area (Å²) in [6.07, 6.45) is -1.86. The van der Waals surface area contributed by atoms with E-state index < -0.39 is 53.5 Å². The van der Waals surface area contributed by atoms with Gasteiger partial charge in [0.2, 0.25) is 5.78 Å². The summed E-state index contributed by atoms with van der Waals surface area (Å²) in [7, 11) is 0. The molecule has 126 valence electrons. The van der Waals surface area contributed by atoms with Crippen LogP contribution >= 0.6 is 0 Å². The third-order valence-corrected chi connectivity index (χ3v) is 2.06. The Bertz CT molecular complexity index is 440. The molecule has 1 N–H and O–H groups in total. The number of carbonyl (C=O) groups excluding carboxylic acids is 3. The molecule has 1 atom stereocenters. The summed E-state index contributed by atoms with van der Waals surface area (Å²) >= 11 is 0. The minimum atomic E-state index is -1.34. The van der Waals surface area contributed by atoms with Gasteiger partial charge in [0.1, 0.15) is 11.6 Å². The van der Waals surface area contributed by atoms with E-state index in [9.17, 15) is 24.5 Å². The lowest BCUT2D eigenvalue weighted by Gasteiger charge is -2.24. The van der Waals surface area contributed by atoms with Gasteiger partial charge in [0.25, 0.3) is 6.54 Å². The highest BCUT2D eigenvalue weighted by Crippen LogP contribution is 2.10. The maximum Gasteiger partial charge on any atom is 0.408 e. The fourth-order valence-electron chi connectivity index (χ4n) is 1.39. The molecule has 22 heavy (non-hydrogen) atoms. The van der Waals surface area contributed by atoms with Crippen LogP contribution in [-0.2, 0) is 19.1 Å². The van der Waals surface area contributed by atoms with Crippen LogP contribution in [0.2, 0.25) is 0 Å². The number of ether oxygens (including phenoxy) is 2. The highest BCUT2D eigenvalue weighted by atomic mass is 16.6. The number of carbonyl (C=O) groups is 3. The first-order valence-electron chi connectivity index (χ1n) is 6.74. The van der Waals surface area contributed by atoms with Crippen LogP contribution in [-0.4, -0.2) is 47.1 Å². The number of esters is 1. The third kappa shape index (κ3) is 9.67. The lowest BCUT2D eigenvalue weighted by molar-refractivity contribution is -0.467. The molecule has 0 radical (unpaired) electrons. The first-order chi connectivity index (χ1) is 9.90. The van der Waals surface area contributed by atoms with Gasteiger partial charge in [0, 0.05) is 11.3 Å². The van der Waals surface area contributed by atoms with Crippen LogP contribution in [0.3, 0.4) is 0 Å². The molecular weight excluding hydrogens is 296 g/mol. The number of nitro groups is 1. The number of alkyl carbamates (subject to hydrolysis) is 1. The van der Waals surface area contributed by atoms with Crippen molar-refractivity contribution in [3.05, 3.63) is 10.1 Å². The van der Waals surface area contributed by atoms with E-state index in [1.54, 1.807) is 34.6 Å². The lowest BCUT2D eigenvalue weighted by Crippen LogP contribution is -2.46. The van der Waals surface area contributed by atoms with Crippen molar-refractivity contribution in [3.63, 3.8) is 0 Å². The van der Waals surface area contributed by atoms with Gasteiger partial charge in [-0.15, -0.1) is 0 Å². The molecule has 0 fully saturated rings. The zero-order valence-corrected chi connectivity index (χ0v) is 13.4. The maximum atomic E-state index is 12.0. The van der Waals surface area contributed by atoms with E-state index in [0.717, 1.165) is 0 Å². The summed E-state index contributed by atoms with van der Waals surface area (Å²) in [4.78, 5) is 44.5. The monoisotopic (exact) mass is 318 g/mol. The van der Waals surface area contributed by atoms with Crippen LogP contribution in [0.4, 0.5) is 4.79 Å². The van der Waals surface area contributed by atoms with Crippen LogP contribution < -0.4 is 5.32 Å². The van der Waals surface area contributed by atoms with Crippen LogP contribution in [0.25, 0.3) is 0 Å². The van der Waals surface area contributed by atoms with Crippen LogP contribution in [0.1, 0.15) is 41.0 Å². The highest BCUT2D eigenvalue weighted by Gasteiger charge is 2.30. The number of nitrogens with zero attached hydrogens (tertiary/aromatic N) is 1. The van der Waals surface area contributed by atoms with Crippen molar-refractivity contribution < 1.29 is 28.8 Å².